The van der Waals surface area contributed by atoms with E-state index < -0.39 is 60.1 Å². The van der Waals surface area contributed by atoms with Crippen LogP contribution in [0.4, 0.5) is 30.7 Å². The van der Waals surface area contributed by atoms with E-state index in [1.54, 1.807) is 0 Å². The molecule has 0 saturated carbocycles. The third-order valence-electron chi connectivity index (χ3n) is 4.37. The number of carbonyl (C=O) groups excluding carboxylic acids is 1. The molecule has 1 aliphatic rings. The number of rotatable bonds is 5. The third-order valence-corrected chi connectivity index (χ3v) is 4.93. The van der Waals surface area contributed by atoms with E-state index in [0.717, 1.165) is 29.4 Å². The Hall–Kier alpha value is -3.18. The normalized spacial score (nSPS) is 18.6. The summed E-state index contributed by atoms with van der Waals surface area (Å²) in [5.74, 6) is -2.34. The first-order chi connectivity index (χ1) is 16.1. The second-order valence-corrected chi connectivity index (χ2v) is 7.73. The van der Waals surface area contributed by atoms with Gasteiger partial charge in [-0.25, -0.2) is 9.67 Å². The predicted octanol–water partition coefficient (Wildman–Crippen LogP) is 3.36. The SMILES string of the molecule is N/C(F)=C\C=C1\B(O)OC1NC(=O)/C(Br)=C\n1cnc(-c2cc(C(F)(F)F)cc(C(F)(F)F)c2)n1. The highest BCUT2D eigenvalue weighted by atomic mass is 79.9. The molecule has 1 atom stereocenters. The molecule has 0 radical (unpaired) electrons. The number of carbonyl (C=O) groups is 1. The molecule has 3 rings (SSSR count). The Labute approximate surface area is 200 Å². The first kappa shape index (κ1) is 26.4. The molecule has 186 valence electrons. The number of benzene rings is 1. The highest BCUT2D eigenvalue weighted by molar-refractivity contribution is 9.12. The van der Waals surface area contributed by atoms with Crippen LogP contribution in [-0.4, -0.2) is 39.0 Å². The van der Waals surface area contributed by atoms with Crippen molar-refractivity contribution in [1.82, 2.24) is 20.1 Å². The Morgan fingerprint density at radius 1 is 1.20 bits per heavy atom. The molecule has 0 bridgehead atoms. The Balaban J connectivity index is 1.81. The van der Waals surface area contributed by atoms with E-state index in [1.165, 1.54) is 0 Å². The van der Waals surface area contributed by atoms with Gasteiger partial charge in [-0.15, -0.1) is 5.10 Å². The van der Waals surface area contributed by atoms with Crippen LogP contribution in [-0.2, 0) is 21.8 Å². The highest BCUT2D eigenvalue weighted by Gasteiger charge is 2.41. The van der Waals surface area contributed by atoms with Gasteiger partial charge in [-0.3, -0.25) is 4.79 Å². The maximum Gasteiger partial charge on any atom is 0.493 e. The molecule has 1 aromatic carbocycles. The average molecular weight is 570 g/mol. The van der Waals surface area contributed by atoms with Crippen LogP contribution in [0, 0.1) is 0 Å². The fraction of sp³-hybridized carbons (Fsp3) is 0.167. The standard InChI is InChI=1S/C18H12BBrF7N5O3/c20-12(15(33)30-16-11(19(34)35-16)1-2-13(21)28)6-32-7-29-14(31-32)8-3-9(17(22,23)24)5-10(4-8)18(25,26)27/h1-7,16,34H,28H2,(H,30,33)/b11-1+,12-6+,13-2-. The molecule has 1 aliphatic heterocycles. The summed E-state index contributed by atoms with van der Waals surface area (Å²) in [7, 11) is -1.40. The number of hydrogen-bond acceptors (Lipinski definition) is 6. The van der Waals surface area contributed by atoms with Crippen LogP contribution in [0.25, 0.3) is 17.6 Å². The zero-order valence-corrected chi connectivity index (χ0v) is 18.5. The molecule has 17 heteroatoms. The van der Waals surface area contributed by atoms with E-state index >= 15 is 0 Å². The summed E-state index contributed by atoms with van der Waals surface area (Å²) in [4.78, 5) is 16.0. The van der Waals surface area contributed by atoms with E-state index in [1.807, 2.05) is 0 Å². The van der Waals surface area contributed by atoms with E-state index in [9.17, 15) is 40.6 Å². The molecular weight excluding hydrogens is 558 g/mol. The van der Waals surface area contributed by atoms with E-state index in [0.29, 0.717) is 12.1 Å². The molecular formula is C18H12BBrF7N5O3. The van der Waals surface area contributed by atoms with Gasteiger partial charge >= 0.3 is 19.5 Å². The zero-order chi connectivity index (χ0) is 26.1. The van der Waals surface area contributed by atoms with Crippen molar-refractivity contribution in [3.05, 3.63) is 63.7 Å². The van der Waals surface area contributed by atoms with Crippen molar-refractivity contribution in [3.8, 4) is 11.4 Å². The summed E-state index contributed by atoms with van der Waals surface area (Å²) in [6, 6.07) is 0.902. The summed E-state index contributed by atoms with van der Waals surface area (Å²) in [5.41, 5.74) is 1.31. The number of halogens is 8. The highest BCUT2D eigenvalue weighted by Crippen LogP contribution is 2.38. The Morgan fingerprint density at radius 3 is 2.31 bits per heavy atom. The van der Waals surface area contributed by atoms with Gasteiger partial charge in [0.15, 0.2) is 11.8 Å². The number of amides is 1. The lowest BCUT2D eigenvalue weighted by atomic mass is 9.70. The van der Waals surface area contributed by atoms with Crippen LogP contribution in [0.5, 0.6) is 0 Å². The lowest BCUT2D eigenvalue weighted by molar-refractivity contribution is -0.143. The number of alkyl halides is 6. The number of nitrogens with one attached hydrogen (secondary N) is 1. The Kier molecular flexibility index (Phi) is 7.42. The van der Waals surface area contributed by atoms with E-state index in [2.05, 4.69) is 31.3 Å². The molecule has 0 spiro atoms. The summed E-state index contributed by atoms with van der Waals surface area (Å²) in [6.45, 7) is 0. The van der Waals surface area contributed by atoms with Crippen molar-refractivity contribution in [2.24, 2.45) is 5.73 Å². The third kappa shape index (κ3) is 6.49. The fourth-order valence-corrected chi connectivity index (χ4v) is 3.05. The van der Waals surface area contributed by atoms with Crippen molar-refractivity contribution in [3.63, 3.8) is 0 Å². The van der Waals surface area contributed by atoms with Gasteiger partial charge in [-0.05, 0) is 40.2 Å². The lowest BCUT2D eigenvalue weighted by Gasteiger charge is -2.33. The molecule has 35 heavy (non-hydrogen) atoms. The van der Waals surface area contributed by atoms with Gasteiger partial charge < -0.3 is 20.7 Å². The van der Waals surface area contributed by atoms with Gasteiger partial charge in [0.25, 0.3) is 5.91 Å². The molecule has 4 N–H and O–H groups in total. The maximum atomic E-state index is 13.1. The Bertz CT molecular complexity index is 1190. The van der Waals surface area contributed by atoms with E-state index in [-0.39, 0.29) is 16.0 Å². The van der Waals surface area contributed by atoms with Gasteiger partial charge in [-0.1, -0.05) is 6.08 Å². The predicted molar refractivity (Wildman–Crippen MR) is 111 cm³/mol. The lowest BCUT2D eigenvalue weighted by Crippen LogP contribution is -2.54. The van der Waals surface area contributed by atoms with Gasteiger partial charge in [-0.2, -0.15) is 30.7 Å². The van der Waals surface area contributed by atoms with Crippen molar-refractivity contribution in [2.75, 3.05) is 0 Å². The van der Waals surface area contributed by atoms with E-state index in [4.69, 9.17) is 10.4 Å². The van der Waals surface area contributed by atoms with Crippen molar-refractivity contribution in [1.29, 1.82) is 0 Å². The molecule has 1 unspecified atom stereocenters. The number of allylic oxidation sites excluding steroid dienone is 2. The molecule has 1 amide bonds. The minimum atomic E-state index is -5.05. The van der Waals surface area contributed by atoms with Crippen LogP contribution in [0.3, 0.4) is 0 Å². The molecule has 8 nitrogen and oxygen atoms in total. The number of hydrogen-bond donors (Lipinski definition) is 3. The van der Waals surface area contributed by atoms with Gasteiger partial charge in [0.2, 0.25) is 0 Å². The molecule has 1 fully saturated rings. The quantitative estimate of drug-likeness (QED) is 0.220. The minimum absolute atomic E-state index is 0.0266. The molecule has 2 heterocycles. The number of nitrogens with zero attached hydrogens (tertiary/aromatic N) is 3. The zero-order valence-electron chi connectivity index (χ0n) is 16.9. The summed E-state index contributed by atoms with van der Waals surface area (Å²) >= 11 is 2.93. The van der Waals surface area contributed by atoms with Crippen LogP contribution >= 0.6 is 15.9 Å². The number of aromatic nitrogens is 3. The summed E-state index contributed by atoms with van der Waals surface area (Å²) in [5, 5.41) is 15.6. The van der Waals surface area contributed by atoms with Crippen molar-refractivity contribution < 1.29 is 45.2 Å². The van der Waals surface area contributed by atoms with Crippen LogP contribution in [0.15, 0.2) is 52.6 Å². The van der Waals surface area contributed by atoms with Crippen molar-refractivity contribution in [2.45, 2.75) is 18.6 Å². The fourth-order valence-electron chi connectivity index (χ4n) is 2.72. The Morgan fingerprint density at radius 2 is 1.80 bits per heavy atom. The molecule has 1 aromatic heterocycles. The average Bonchev–Trinajstić information content (AvgIpc) is 3.20. The van der Waals surface area contributed by atoms with Crippen molar-refractivity contribution >= 4 is 35.2 Å². The molecule has 0 aliphatic carbocycles. The first-order valence-corrected chi connectivity index (χ1v) is 10.00. The molecule has 2 aromatic rings. The monoisotopic (exact) mass is 569 g/mol. The first-order valence-electron chi connectivity index (χ1n) is 9.20. The van der Waals surface area contributed by atoms with Crippen LogP contribution in [0.2, 0.25) is 0 Å². The van der Waals surface area contributed by atoms with Gasteiger partial charge in [0.05, 0.1) is 17.3 Å². The number of nitrogens with two attached hydrogens (primary N) is 1. The van der Waals surface area contributed by atoms with Gasteiger partial charge in [0, 0.05) is 11.0 Å². The smallest absolute Gasteiger partial charge is 0.423 e. The van der Waals surface area contributed by atoms with Crippen LogP contribution in [0.1, 0.15) is 11.1 Å². The topological polar surface area (TPSA) is 115 Å². The second-order valence-electron chi connectivity index (χ2n) is 6.88. The maximum absolute atomic E-state index is 13.1. The largest absolute Gasteiger partial charge is 0.493 e. The summed E-state index contributed by atoms with van der Waals surface area (Å²) in [6.07, 6.45) is -7.32. The second kappa shape index (κ2) is 9.83. The van der Waals surface area contributed by atoms with Crippen LogP contribution < -0.4 is 11.1 Å². The minimum Gasteiger partial charge on any atom is -0.423 e. The summed E-state index contributed by atoms with van der Waals surface area (Å²) < 4.78 is 96.6. The van der Waals surface area contributed by atoms with Gasteiger partial charge in [0.1, 0.15) is 17.0 Å². The molecule has 1 saturated heterocycles.